The topological polar surface area (TPSA) is 26.0 Å². The molecule has 0 fully saturated rings. The van der Waals surface area contributed by atoms with Crippen molar-refractivity contribution in [1.29, 1.82) is 0 Å². The normalized spacial score (nSPS) is 18.0. The molecular weight excluding hydrogens is 262 g/mol. The van der Waals surface area contributed by atoms with Crippen LogP contribution in [0.3, 0.4) is 0 Å². The van der Waals surface area contributed by atoms with E-state index in [-0.39, 0.29) is 0 Å². The first-order valence-corrected chi connectivity index (χ1v) is 7.99. The maximum atomic E-state index is 5.61. The second-order valence-corrected chi connectivity index (χ2v) is 6.51. The third kappa shape index (κ3) is 2.31. The van der Waals surface area contributed by atoms with Crippen LogP contribution in [-0.2, 0) is 0 Å². The van der Waals surface area contributed by atoms with Crippen molar-refractivity contribution in [2.45, 2.75) is 29.9 Å². The maximum absolute atomic E-state index is 5.61. The number of hydrogen-bond donors (Lipinski definition) is 0. The van der Waals surface area contributed by atoms with Gasteiger partial charge in [0, 0.05) is 22.3 Å². The van der Waals surface area contributed by atoms with Crippen LogP contribution in [0.2, 0.25) is 0 Å². The summed E-state index contributed by atoms with van der Waals surface area (Å²) in [5.41, 5.74) is 2.48. The van der Waals surface area contributed by atoms with Crippen molar-refractivity contribution in [1.82, 2.24) is 4.98 Å². The summed E-state index contributed by atoms with van der Waals surface area (Å²) in [6, 6.07) is 8.70. The number of aromatic nitrogens is 1. The summed E-state index contributed by atoms with van der Waals surface area (Å²) in [6.07, 6.45) is 0. The molecular formula is C14H15NOS2. The summed E-state index contributed by atoms with van der Waals surface area (Å²) in [5, 5.41) is 0.805. The average molecular weight is 277 g/mol. The number of rotatable bonds is 3. The average Bonchev–Trinajstić information content (AvgIpc) is 2.92. The predicted molar refractivity (Wildman–Crippen MR) is 76.6 cm³/mol. The minimum Gasteiger partial charge on any atom is -0.437 e. The van der Waals surface area contributed by atoms with E-state index in [1.807, 2.05) is 25.6 Å². The Hall–Kier alpha value is -0.870. The molecule has 0 spiro atoms. The molecule has 0 aliphatic carbocycles. The Bertz CT molecular complexity index is 545. The highest BCUT2D eigenvalue weighted by Gasteiger charge is 2.23. The van der Waals surface area contributed by atoms with Gasteiger partial charge >= 0.3 is 0 Å². The molecule has 0 saturated heterocycles. The summed E-state index contributed by atoms with van der Waals surface area (Å²) in [6.45, 7) is 3.96. The molecule has 1 aliphatic rings. The highest BCUT2D eigenvalue weighted by Crippen LogP contribution is 2.41. The van der Waals surface area contributed by atoms with Crippen LogP contribution in [0, 0.1) is 13.8 Å². The summed E-state index contributed by atoms with van der Waals surface area (Å²) in [5.74, 6) is 3.76. The largest absolute Gasteiger partial charge is 0.437 e. The zero-order chi connectivity index (χ0) is 12.5. The van der Waals surface area contributed by atoms with Gasteiger partial charge in [0.25, 0.3) is 5.22 Å². The zero-order valence-electron chi connectivity index (χ0n) is 10.5. The predicted octanol–water partition coefficient (Wildman–Crippen LogP) is 4.27. The van der Waals surface area contributed by atoms with E-state index in [2.05, 4.69) is 29.2 Å². The number of nitrogens with zero attached hydrogens (tertiary/aromatic N) is 1. The molecule has 0 radical (unpaired) electrons. The van der Waals surface area contributed by atoms with Crippen LogP contribution in [0.5, 0.6) is 0 Å². The van der Waals surface area contributed by atoms with Gasteiger partial charge in [0.05, 0.1) is 5.69 Å². The minimum absolute atomic E-state index is 0.615. The Balaban J connectivity index is 1.68. The smallest absolute Gasteiger partial charge is 0.256 e. The number of benzene rings is 1. The minimum atomic E-state index is 0.615. The Morgan fingerprint density at radius 3 is 3.00 bits per heavy atom. The molecule has 2 aromatic rings. The van der Waals surface area contributed by atoms with Gasteiger partial charge in [-0.05, 0) is 25.5 Å². The summed E-state index contributed by atoms with van der Waals surface area (Å²) >= 11 is 3.68. The van der Waals surface area contributed by atoms with Gasteiger partial charge in [0.15, 0.2) is 0 Å². The second-order valence-electron chi connectivity index (χ2n) is 4.48. The van der Waals surface area contributed by atoms with Crippen molar-refractivity contribution in [2.24, 2.45) is 0 Å². The number of thioether (sulfide) groups is 2. The van der Waals surface area contributed by atoms with E-state index >= 15 is 0 Å². The molecule has 18 heavy (non-hydrogen) atoms. The highest BCUT2D eigenvalue weighted by molar-refractivity contribution is 8.00. The fraction of sp³-hybridized carbons (Fsp3) is 0.357. The van der Waals surface area contributed by atoms with Gasteiger partial charge in [0.2, 0.25) is 0 Å². The molecule has 1 unspecified atom stereocenters. The monoisotopic (exact) mass is 277 g/mol. The lowest BCUT2D eigenvalue weighted by Gasteiger charge is -2.07. The molecule has 1 aromatic heterocycles. The van der Waals surface area contributed by atoms with Gasteiger partial charge in [-0.25, -0.2) is 4.98 Å². The second kappa shape index (κ2) is 5.02. The van der Waals surface area contributed by atoms with Crippen LogP contribution in [0.15, 0.2) is 38.8 Å². The number of aryl methyl sites for hydroxylation is 2. The molecule has 94 valence electrons. The molecule has 0 saturated carbocycles. The summed E-state index contributed by atoms with van der Waals surface area (Å²) in [7, 11) is 0. The van der Waals surface area contributed by atoms with E-state index in [9.17, 15) is 0 Å². The molecule has 0 bridgehead atoms. The zero-order valence-corrected chi connectivity index (χ0v) is 12.1. The fourth-order valence-electron chi connectivity index (χ4n) is 2.04. The molecule has 0 amide bonds. The van der Waals surface area contributed by atoms with Crippen molar-refractivity contribution in [2.75, 3.05) is 11.5 Å². The lowest BCUT2D eigenvalue weighted by Crippen LogP contribution is -1.99. The Kier molecular flexibility index (Phi) is 3.39. The van der Waals surface area contributed by atoms with Crippen LogP contribution in [-0.4, -0.2) is 16.5 Å². The molecule has 1 atom stereocenters. The number of oxazole rings is 1. The third-order valence-electron chi connectivity index (χ3n) is 3.22. The fourth-order valence-corrected chi connectivity index (χ4v) is 4.47. The van der Waals surface area contributed by atoms with Gasteiger partial charge in [-0.2, -0.15) is 0 Å². The van der Waals surface area contributed by atoms with E-state index in [0.717, 1.165) is 22.4 Å². The standard InChI is InChI=1S/C14H15NOS2/c1-9-10(2)16-14(15-9)18-8-11-7-17-13-6-4-3-5-12(11)13/h3-6,11H,7-8H2,1-2H3. The van der Waals surface area contributed by atoms with E-state index in [1.54, 1.807) is 11.8 Å². The summed E-state index contributed by atoms with van der Waals surface area (Å²) in [4.78, 5) is 5.85. The molecule has 4 heteroatoms. The van der Waals surface area contributed by atoms with Crippen LogP contribution in [0.1, 0.15) is 22.9 Å². The van der Waals surface area contributed by atoms with Crippen LogP contribution >= 0.6 is 23.5 Å². The van der Waals surface area contributed by atoms with Gasteiger partial charge in [-0.3, -0.25) is 0 Å². The van der Waals surface area contributed by atoms with Crippen molar-refractivity contribution in [3.63, 3.8) is 0 Å². The molecule has 1 aliphatic heterocycles. The van der Waals surface area contributed by atoms with Crippen LogP contribution in [0.4, 0.5) is 0 Å². The van der Waals surface area contributed by atoms with Crippen molar-refractivity contribution >= 4 is 23.5 Å². The van der Waals surface area contributed by atoms with E-state index in [4.69, 9.17) is 4.42 Å². The van der Waals surface area contributed by atoms with Gasteiger partial charge < -0.3 is 4.42 Å². The van der Waals surface area contributed by atoms with Crippen LogP contribution < -0.4 is 0 Å². The first-order valence-electron chi connectivity index (χ1n) is 6.02. The van der Waals surface area contributed by atoms with E-state index in [1.165, 1.54) is 16.2 Å². The van der Waals surface area contributed by atoms with Gasteiger partial charge in [-0.1, -0.05) is 30.0 Å². The van der Waals surface area contributed by atoms with Crippen molar-refractivity contribution in [3.05, 3.63) is 41.3 Å². The molecule has 2 heterocycles. The Morgan fingerprint density at radius 2 is 2.22 bits per heavy atom. The SMILES string of the molecule is Cc1nc(SCC2CSc3ccccc32)oc1C. The lowest BCUT2D eigenvalue weighted by molar-refractivity contribution is 0.431. The number of hydrogen-bond acceptors (Lipinski definition) is 4. The lowest BCUT2D eigenvalue weighted by atomic mass is 10.0. The van der Waals surface area contributed by atoms with Crippen molar-refractivity contribution < 1.29 is 4.42 Å². The maximum Gasteiger partial charge on any atom is 0.256 e. The van der Waals surface area contributed by atoms with Crippen molar-refractivity contribution in [3.8, 4) is 0 Å². The first-order chi connectivity index (χ1) is 8.74. The first kappa shape index (κ1) is 12.2. The molecule has 0 N–H and O–H groups in total. The van der Waals surface area contributed by atoms with Gasteiger partial charge in [-0.15, -0.1) is 11.8 Å². The Morgan fingerprint density at radius 1 is 1.39 bits per heavy atom. The van der Waals surface area contributed by atoms with Gasteiger partial charge in [0.1, 0.15) is 5.76 Å². The Labute approximate surface area is 116 Å². The van der Waals surface area contributed by atoms with Crippen LogP contribution in [0.25, 0.3) is 0 Å². The van der Waals surface area contributed by atoms with E-state index in [0.29, 0.717) is 5.92 Å². The molecule has 3 rings (SSSR count). The summed E-state index contributed by atoms with van der Waals surface area (Å²) < 4.78 is 5.61. The molecule has 2 nitrogen and oxygen atoms in total. The number of fused-ring (bicyclic) bond motifs is 1. The third-order valence-corrected chi connectivity index (χ3v) is 5.46. The quantitative estimate of drug-likeness (QED) is 0.782. The molecule has 1 aromatic carbocycles. The highest BCUT2D eigenvalue weighted by atomic mass is 32.2. The van der Waals surface area contributed by atoms with E-state index < -0.39 is 0 Å².